The Bertz CT molecular complexity index is 469. The van der Waals surface area contributed by atoms with Gasteiger partial charge in [0.2, 0.25) is 5.91 Å². The molecule has 6 nitrogen and oxygen atoms in total. The first-order valence-electron chi connectivity index (χ1n) is 7.87. The first-order valence-corrected chi connectivity index (χ1v) is 7.87. The van der Waals surface area contributed by atoms with Crippen LogP contribution in [0.2, 0.25) is 0 Å². The Kier molecular flexibility index (Phi) is 4.65. The number of hydrogen-bond acceptors (Lipinski definition) is 5. The minimum atomic E-state index is 0.267. The van der Waals surface area contributed by atoms with Gasteiger partial charge in [-0.2, -0.15) is 0 Å². The Labute approximate surface area is 125 Å². The number of carbonyl (C=O) groups excluding carboxylic acids is 1. The van der Waals surface area contributed by atoms with Gasteiger partial charge in [-0.15, -0.1) is 0 Å². The number of amides is 1. The van der Waals surface area contributed by atoms with E-state index >= 15 is 0 Å². The SMILES string of the molecule is O=C1CCCN1CCNc1cnc([C@@H]2CCCNC2)cn1. The molecule has 0 bridgehead atoms. The molecule has 2 aliphatic heterocycles. The van der Waals surface area contributed by atoms with Crippen LogP contribution in [0.15, 0.2) is 12.4 Å². The third kappa shape index (κ3) is 3.69. The fourth-order valence-corrected chi connectivity index (χ4v) is 3.00. The highest BCUT2D eigenvalue weighted by Gasteiger charge is 2.19. The predicted octanol–water partition coefficient (Wildman–Crippen LogP) is 0.978. The van der Waals surface area contributed by atoms with Crippen molar-refractivity contribution in [3.8, 4) is 0 Å². The number of nitrogens with one attached hydrogen (secondary N) is 2. The highest BCUT2D eigenvalue weighted by atomic mass is 16.2. The number of likely N-dealkylation sites (tertiary alicyclic amines) is 1. The van der Waals surface area contributed by atoms with Crippen molar-refractivity contribution >= 4 is 11.7 Å². The summed E-state index contributed by atoms with van der Waals surface area (Å²) in [4.78, 5) is 22.4. The molecule has 2 fully saturated rings. The van der Waals surface area contributed by atoms with Crippen molar-refractivity contribution in [3.05, 3.63) is 18.1 Å². The molecule has 0 radical (unpaired) electrons. The summed E-state index contributed by atoms with van der Waals surface area (Å²) in [5.74, 6) is 1.54. The molecular weight excluding hydrogens is 266 g/mol. The number of hydrogen-bond donors (Lipinski definition) is 2. The minimum absolute atomic E-state index is 0.267. The van der Waals surface area contributed by atoms with Crippen LogP contribution in [-0.4, -0.2) is 53.5 Å². The fourth-order valence-electron chi connectivity index (χ4n) is 3.00. The van der Waals surface area contributed by atoms with Crippen LogP contribution in [0.1, 0.15) is 37.3 Å². The molecule has 2 saturated heterocycles. The summed E-state index contributed by atoms with van der Waals surface area (Å²) < 4.78 is 0. The second-order valence-corrected chi connectivity index (χ2v) is 5.78. The van der Waals surface area contributed by atoms with Crippen molar-refractivity contribution < 1.29 is 4.79 Å². The van der Waals surface area contributed by atoms with Gasteiger partial charge in [0, 0.05) is 38.5 Å². The summed E-state index contributed by atoms with van der Waals surface area (Å²) in [6.07, 6.45) is 7.76. The Morgan fingerprint density at radius 2 is 2.29 bits per heavy atom. The largest absolute Gasteiger partial charge is 0.367 e. The number of aromatic nitrogens is 2. The molecule has 114 valence electrons. The Balaban J connectivity index is 1.46. The van der Waals surface area contributed by atoms with Gasteiger partial charge in [0.25, 0.3) is 0 Å². The van der Waals surface area contributed by atoms with E-state index in [0.717, 1.165) is 50.7 Å². The predicted molar refractivity (Wildman–Crippen MR) is 81.2 cm³/mol. The summed E-state index contributed by atoms with van der Waals surface area (Å²) in [6, 6.07) is 0. The van der Waals surface area contributed by atoms with E-state index in [2.05, 4.69) is 20.6 Å². The zero-order chi connectivity index (χ0) is 14.5. The fraction of sp³-hybridized carbons (Fsp3) is 0.667. The van der Waals surface area contributed by atoms with Crippen LogP contribution in [-0.2, 0) is 4.79 Å². The van der Waals surface area contributed by atoms with Crippen LogP contribution < -0.4 is 10.6 Å². The molecular formula is C15H23N5O. The molecule has 0 spiro atoms. The van der Waals surface area contributed by atoms with Crippen molar-refractivity contribution in [2.24, 2.45) is 0 Å². The average molecular weight is 289 g/mol. The smallest absolute Gasteiger partial charge is 0.222 e. The van der Waals surface area contributed by atoms with Crippen LogP contribution >= 0.6 is 0 Å². The van der Waals surface area contributed by atoms with Crippen LogP contribution in [0.3, 0.4) is 0 Å². The molecule has 1 aromatic rings. The molecule has 21 heavy (non-hydrogen) atoms. The Morgan fingerprint density at radius 3 is 2.95 bits per heavy atom. The van der Waals surface area contributed by atoms with E-state index in [4.69, 9.17) is 0 Å². The maximum Gasteiger partial charge on any atom is 0.222 e. The summed E-state index contributed by atoms with van der Waals surface area (Å²) in [6.45, 7) is 4.47. The maximum absolute atomic E-state index is 11.5. The Morgan fingerprint density at radius 1 is 1.33 bits per heavy atom. The molecule has 0 saturated carbocycles. The second-order valence-electron chi connectivity index (χ2n) is 5.78. The number of anilines is 1. The highest BCUT2D eigenvalue weighted by molar-refractivity contribution is 5.78. The summed E-state index contributed by atoms with van der Waals surface area (Å²) in [5, 5.41) is 6.64. The zero-order valence-electron chi connectivity index (χ0n) is 12.3. The molecule has 6 heteroatoms. The van der Waals surface area contributed by atoms with Crippen molar-refractivity contribution in [1.82, 2.24) is 20.2 Å². The van der Waals surface area contributed by atoms with Gasteiger partial charge in [-0.1, -0.05) is 0 Å². The third-order valence-electron chi connectivity index (χ3n) is 4.25. The van der Waals surface area contributed by atoms with E-state index in [1.54, 1.807) is 6.20 Å². The molecule has 3 heterocycles. The molecule has 1 amide bonds. The van der Waals surface area contributed by atoms with Gasteiger partial charge in [0.1, 0.15) is 5.82 Å². The van der Waals surface area contributed by atoms with Crippen LogP contribution in [0.4, 0.5) is 5.82 Å². The Hall–Kier alpha value is -1.69. The standard InChI is InChI=1S/C15H23N5O/c21-15-4-2-7-20(15)8-6-17-14-11-18-13(10-19-14)12-3-1-5-16-9-12/h10-12,16H,1-9H2,(H,17,19)/t12-/m1/s1. The van der Waals surface area contributed by atoms with Gasteiger partial charge in [-0.25, -0.2) is 4.98 Å². The number of rotatable bonds is 5. The number of carbonyl (C=O) groups is 1. The summed E-state index contributed by atoms with van der Waals surface area (Å²) in [5.41, 5.74) is 1.07. The van der Waals surface area contributed by atoms with E-state index in [1.807, 2.05) is 11.1 Å². The highest BCUT2D eigenvalue weighted by Crippen LogP contribution is 2.20. The first kappa shape index (κ1) is 14.3. The van der Waals surface area contributed by atoms with Gasteiger partial charge >= 0.3 is 0 Å². The molecule has 0 aliphatic carbocycles. The van der Waals surface area contributed by atoms with Crippen LogP contribution in [0, 0.1) is 0 Å². The molecule has 3 rings (SSSR count). The summed E-state index contributed by atoms with van der Waals surface area (Å²) >= 11 is 0. The topological polar surface area (TPSA) is 70.2 Å². The van der Waals surface area contributed by atoms with Gasteiger partial charge in [0.05, 0.1) is 18.1 Å². The van der Waals surface area contributed by atoms with E-state index in [0.29, 0.717) is 12.3 Å². The molecule has 2 aliphatic rings. The van der Waals surface area contributed by atoms with E-state index in [9.17, 15) is 4.79 Å². The lowest BCUT2D eigenvalue weighted by Gasteiger charge is -2.22. The van der Waals surface area contributed by atoms with E-state index in [-0.39, 0.29) is 5.91 Å². The van der Waals surface area contributed by atoms with Gasteiger partial charge < -0.3 is 15.5 Å². The number of nitrogens with zero attached hydrogens (tertiary/aromatic N) is 3. The zero-order valence-corrected chi connectivity index (χ0v) is 12.3. The van der Waals surface area contributed by atoms with E-state index in [1.165, 1.54) is 12.8 Å². The minimum Gasteiger partial charge on any atom is -0.367 e. The monoisotopic (exact) mass is 289 g/mol. The first-order chi connectivity index (χ1) is 10.3. The van der Waals surface area contributed by atoms with Crippen molar-refractivity contribution in [2.45, 2.75) is 31.6 Å². The lowest BCUT2D eigenvalue weighted by molar-refractivity contribution is -0.127. The van der Waals surface area contributed by atoms with Gasteiger partial charge in [-0.05, 0) is 25.8 Å². The molecule has 0 unspecified atom stereocenters. The quantitative estimate of drug-likeness (QED) is 0.845. The van der Waals surface area contributed by atoms with Crippen molar-refractivity contribution in [3.63, 3.8) is 0 Å². The lowest BCUT2D eigenvalue weighted by Crippen LogP contribution is -2.30. The van der Waals surface area contributed by atoms with E-state index < -0.39 is 0 Å². The van der Waals surface area contributed by atoms with Gasteiger partial charge in [0.15, 0.2) is 0 Å². The van der Waals surface area contributed by atoms with Crippen molar-refractivity contribution in [1.29, 1.82) is 0 Å². The molecule has 1 aromatic heterocycles. The lowest BCUT2D eigenvalue weighted by atomic mass is 9.97. The normalized spacial score (nSPS) is 22.6. The van der Waals surface area contributed by atoms with Gasteiger partial charge in [-0.3, -0.25) is 9.78 Å². The maximum atomic E-state index is 11.5. The third-order valence-corrected chi connectivity index (χ3v) is 4.25. The summed E-state index contributed by atoms with van der Waals surface area (Å²) in [7, 11) is 0. The molecule has 2 N–H and O–H groups in total. The average Bonchev–Trinajstić information content (AvgIpc) is 2.94. The van der Waals surface area contributed by atoms with Crippen molar-refractivity contribution in [2.75, 3.05) is 38.0 Å². The number of piperidine rings is 1. The molecule has 0 aromatic carbocycles. The van der Waals surface area contributed by atoms with Crippen LogP contribution in [0.25, 0.3) is 0 Å². The second kappa shape index (κ2) is 6.85. The van der Waals surface area contributed by atoms with Crippen LogP contribution in [0.5, 0.6) is 0 Å². The molecule has 1 atom stereocenters.